The van der Waals surface area contributed by atoms with Crippen molar-refractivity contribution < 1.29 is 4.84 Å². The van der Waals surface area contributed by atoms with Crippen LogP contribution in [0.15, 0.2) is 65.8 Å². The third kappa shape index (κ3) is 2.50. The second kappa shape index (κ2) is 6.33. The highest BCUT2D eigenvalue weighted by atomic mass is 32.1. The quantitative estimate of drug-likeness (QED) is 0.659. The van der Waals surface area contributed by atoms with E-state index in [4.69, 9.17) is 9.99 Å². The Bertz CT molecular complexity index is 1010. The molecular formula is C23H23N3OS. The fourth-order valence-electron chi connectivity index (χ4n) is 5.05. The monoisotopic (exact) mass is 389 g/mol. The molecule has 1 spiro atoms. The van der Waals surface area contributed by atoms with Gasteiger partial charge in [-0.1, -0.05) is 53.7 Å². The summed E-state index contributed by atoms with van der Waals surface area (Å²) < 4.78 is 1.30. The van der Waals surface area contributed by atoms with E-state index in [-0.39, 0.29) is 5.72 Å². The van der Waals surface area contributed by atoms with Crippen LogP contribution >= 0.6 is 11.3 Å². The van der Waals surface area contributed by atoms with Crippen molar-refractivity contribution in [3.8, 4) is 0 Å². The van der Waals surface area contributed by atoms with Crippen LogP contribution in [0.2, 0.25) is 0 Å². The number of nitrogens with zero attached hydrogens (tertiary/aromatic N) is 3. The number of hydrogen-bond donors (Lipinski definition) is 0. The minimum Gasteiger partial charge on any atom is -0.363 e. The minimum absolute atomic E-state index is 0.322. The Morgan fingerprint density at radius 1 is 1.04 bits per heavy atom. The van der Waals surface area contributed by atoms with Crippen LogP contribution in [0.1, 0.15) is 23.3 Å². The predicted molar refractivity (Wildman–Crippen MR) is 113 cm³/mol. The zero-order chi connectivity index (χ0) is 18.6. The van der Waals surface area contributed by atoms with Crippen LogP contribution in [0.5, 0.6) is 0 Å². The van der Waals surface area contributed by atoms with E-state index in [0.29, 0.717) is 5.92 Å². The molecule has 2 bridgehead atoms. The number of benzene rings is 2. The normalized spacial score (nSPS) is 28.7. The number of oxime groups is 1. The van der Waals surface area contributed by atoms with Crippen LogP contribution < -0.4 is 0 Å². The van der Waals surface area contributed by atoms with Crippen LogP contribution in [0.25, 0.3) is 10.1 Å². The Morgan fingerprint density at radius 3 is 2.57 bits per heavy atom. The maximum atomic E-state index is 6.34. The van der Waals surface area contributed by atoms with Crippen molar-refractivity contribution in [2.24, 2.45) is 11.1 Å². The minimum atomic E-state index is -0.322. The highest BCUT2D eigenvalue weighted by molar-refractivity contribution is 7.20. The summed E-state index contributed by atoms with van der Waals surface area (Å²) in [5, 5.41) is 5.98. The standard InChI is InChI=1S/C23H23N3OS/c1-2-6-17(7-3-1)15-26-22(21-14-18-8-4-5-9-20(18)28-21)24-27-23(26)16-25-12-10-19(23)11-13-25/h1-9,14,19H,10-13,15-16H2. The molecule has 2 aromatic carbocycles. The van der Waals surface area contributed by atoms with Gasteiger partial charge in [-0.3, -0.25) is 4.90 Å². The summed E-state index contributed by atoms with van der Waals surface area (Å²) in [4.78, 5) is 12.5. The summed E-state index contributed by atoms with van der Waals surface area (Å²) in [7, 11) is 0. The van der Waals surface area contributed by atoms with Crippen molar-refractivity contribution in [1.82, 2.24) is 9.80 Å². The Morgan fingerprint density at radius 2 is 1.82 bits per heavy atom. The van der Waals surface area contributed by atoms with Gasteiger partial charge in [-0.15, -0.1) is 11.3 Å². The van der Waals surface area contributed by atoms with Crippen LogP contribution in [0, 0.1) is 5.92 Å². The average Bonchev–Trinajstić information content (AvgIpc) is 3.32. The molecule has 0 N–H and O–H groups in total. The van der Waals surface area contributed by atoms with Crippen LogP contribution in [-0.2, 0) is 11.4 Å². The average molecular weight is 390 g/mol. The van der Waals surface area contributed by atoms with Gasteiger partial charge in [0.15, 0.2) is 5.84 Å². The zero-order valence-corrected chi connectivity index (χ0v) is 16.6. The second-order valence-electron chi connectivity index (χ2n) is 8.12. The van der Waals surface area contributed by atoms with Crippen molar-refractivity contribution in [2.45, 2.75) is 25.1 Å². The van der Waals surface area contributed by atoms with Gasteiger partial charge in [-0.2, -0.15) is 0 Å². The number of rotatable bonds is 3. The third-order valence-corrected chi connectivity index (χ3v) is 7.62. The third-order valence-electron chi connectivity index (χ3n) is 6.51. The van der Waals surface area contributed by atoms with E-state index < -0.39 is 0 Å². The highest BCUT2D eigenvalue weighted by Gasteiger charge is 2.57. The highest BCUT2D eigenvalue weighted by Crippen LogP contribution is 2.45. The molecule has 4 nitrogen and oxygen atoms in total. The molecule has 4 aliphatic rings. The van der Waals surface area contributed by atoms with E-state index in [1.165, 1.54) is 46.5 Å². The van der Waals surface area contributed by atoms with E-state index in [0.717, 1.165) is 18.9 Å². The number of amidine groups is 1. The molecule has 28 heavy (non-hydrogen) atoms. The zero-order valence-electron chi connectivity index (χ0n) is 15.8. The first kappa shape index (κ1) is 16.6. The second-order valence-corrected chi connectivity index (χ2v) is 9.21. The summed E-state index contributed by atoms with van der Waals surface area (Å²) >= 11 is 1.81. The van der Waals surface area contributed by atoms with Gasteiger partial charge in [0, 0.05) is 17.2 Å². The van der Waals surface area contributed by atoms with Gasteiger partial charge in [0.2, 0.25) is 5.72 Å². The van der Waals surface area contributed by atoms with Gasteiger partial charge < -0.3 is 9.74 Å². The molecule has 0 amide bonds. The van der Waals surface area contributed by atoms with Crippen molar-refractivity contribution in [3.05, 3.63) is 71.1 Å². The molecule has 0 saturated carbocycles. The van der Waals surface area contributed by atoms with Crippen molar-refractivity contribution in [1.29, 1.82) is 0 Å². The lowest BCUT2D eigenvalue weighted by atomic mass is 9.79. The summed E-state index contributed by atoms with van der Waals surface area (Å²) in [5.41, 5.74) is 0.982. The fourth-order valence-corrected chi connectivity index (χ4v) is 6.10. The van der Waals surface area contributed by atoms with E-state index in [2.05, 4.69) is 70.5 Å². The maximum absolute atomic E-state index is 6.34. The molecule has 1 atom stereocenters. The summed E-state index contributed by atoms with van der Waals surface area (Å²) in [6.07, 6.45) is 2.39. The Balaban J connectivity index is 1.43. The molecule has 0 aliphatic carbocycles. The van der Waals surface area contributed by atoms with Gasteiger partial charge >= 0.3 is 0 Å². The van der Waals surface area contributed by atoms with Gasteiger partial charge in [0.25, 0.3) is 0 Å². The Kier molecular flexibility index (Phi) is 3.74. The summed E-state index contributed by atoms with van der Waals surface area (Å²) in [6.45, 7) is 4.15. The van der Waals surface area contributed by atoms with Gasteiger partial charge in [0.1, 0.15) is 0 Å². The van der Waals surface area contributed by atoms with E-state index in [9.17, 15) is 0 Å². The summed E-state index contributed by atoms with van der Waals surface area (Å²) in [5.74, 6) is 1.54. The Hall–Kier alpha value is -2.37. The number of piperidine rings is 3. The molecule has 3 saturated heterocycles. The predicted octanol–water partition coefficient (Wildman–Crippen LogP) is 4.52. The molecule has 5 heterocycles. The first-order valence-corrected chi connectivity index (χ1v) is 10.9. The number of thiophene rings is 1. The Labute approximate surface area is 169 Å². The molecule has 4 aliphatic heterocycles. The maximum Gasteiger partial charge on any atom is 0.227 e. The van der Waals surface area contributed by atoms with E-state index >= 15 is 0 Å². The van der Waals surface area contributed by atoms with Crippen LogP contribution in [0.3, 0.4) is 0 Å². The lowest BCUT2D eigenvalue weighted by Gasteiger charge is -2.53. The fraction of sp³-hybridized carbons (Fsp3) is 0.348. The lowest BCUT2D eigenvalue weighted by Crippen LogP contribution is -2.66. The lowest BCUT2D eigenvalue weighted by molar-refractivity contribution is -0.198. The van der Waals surface area contributed by atoms with Crippen molar-refractivity contribution in [3.63, 3.8) is 0 Å². The largest absolute Gasteiger partial charge is 0.363 e. The van der Waals surface area contributed by atoms with Crippen molar-refractivity contribution >= 4 is 27.3 Å². The number of fused-ring (bicyclic) bond motifs is 3. The molecule has 3 fully saturated rings. The smallest absolute Gasteiger partial charge is 0.227 e. The molecule has 1 aromatic heterocycles. The molecular weight excluding hydrogens is 366 g/mol. The number of hydrogen-bond acceptors (Lipinski definition) is 5. The summed E-state index contributed by atoms with van der Waals surface area (Å²) in [6, 6.07) is 21.6. The molecule has 5 heteroatoms. The molecule has 1 unspecified atom stereocenters. The van der Waals surface area contributed by atoms with Gasteiger partial charge in [-0.25, -0.2) is 0 Å². The van der Waals surface area contributed by atoms with Gasteiger partial charge in [-0.05, 0) is 49.0 Å². The van der Waals surface area contributed by atoms with E-state index in [1.54, 1.807) is 0 Å². The molecule has 0 radical (unpaired) electrons. The first-order valence-electron chi connectivity index (χ1n) is 10.1. The molecule has 142 valence electrons. The SMILES string of the molecule is c1ccc(CN2C(c3cc4ccccc4s3)=NOC23CN2CCC3CC2)cc1. The molecule has 7 rings (SSSR count). The van der Waals surface area contributed by atoms with Gasteiger partial charge in [0.05, 0.1) is 11.4 Å². The van der Waals surface area contributed by atoms with Crippen LogP contribution in [-0.4, -0.2) is 41.0 Å². The topological polar surface area (TPSA) is 28.1 Å². The van der Waals surface area contributed by atoms with E-state index in [1.807, 2.05) is 11.3 Å². The first-order chi connectivity index (χ1) is 13.8. The van der Waals surface area contributed by atoms with Crippen LogP contribution in [0.4, 0.5) is 0 Å². The van der Waals surface area contributed by atoms with Crippen molar-refractivity contribution in [2.75, 3.05) is 19.6 Å². The molecule has 3 aromatic rings.